The summed E-state index contributed by atoms with van der Waals surface area (Å²) in [6.45, 7) is 1.60. The first kappa shape index (κ1) is 26.8. The number of carbonyl (C=O) groups is 2. The molecule has 37 heavy (non-hydrogen) atoms. The van der Waals surface area contributed by atoms with E-state index in [0.29, 0.717) is 16.1 Å². The number of nitrogens with zero attached hydrogens (tertiary/aromatic N) is 1. The third-order valence-corrected chi connectivity index (χ3v) is 6.40. The maximum Gasteiger partial charge on any atom is 0.435 e. The van der Waals surface area contributed by atoms with Crippen LogP contribution in [0.5, 0.6) is 0 Å². The molecule has 0 aromatic heterocycles. The van der Waals surface area contributed by atoms with E-state index < -0.39 is 30.0 Å². The van der Waals surface area contributed by atoms with Crippen molar-refractivity contribution >= 4 is 52.3 Å². The van der Waals surface area contributed by atoms with Crippen molar-refractivity contribution in [2.24, 2.45) is 5.16 Å². The Bertz CT molecular complexity index is 1390. The van der Waals surface area contributed by atoms with E-state index in [2.05, 4.69) is 16.0 Å². The zero-order valence-electron chi connectivity index (χ0n) is 18.9. The summed E-state index contributed by atoms with van der Waals surface area (Å²) in [6.07, 6.45) is -5.46. The molecule has 1 aliphatic heterocycles. The highest BCUT2D eigenvalue weighted by Gasteiger charge is 2.62. The third kappa shape index (κ3) is 5.53. The predicted molar refractivity (Wildman–Crippen MR) is 134 cm³/mol. The lowest BCUT2D eigenvalue weighted by Crippen LogP contribution is -2.42. The normalized spacial score (nSPS) is 17.1. The van der Waals surface area contributed by atoms with Crippen molar-refractivity contribution in [2.75, 3.05) is 0 Å². The zero-order valence-corrected chi connectivity index (χ0v) is 21.2. The Morgan fingerprint density at radius 2 is 1.51 bits per heavy atom. The number of hydrogen-bond acceptors (Lipinski definition) is 4. The summed E-state index contributed by atoms with van der Waals surface area (Å²) in [6, 6.07) is 14.0. The number of carbonyl (C=O) groups excluding carboxylic acids is 2. The van der Waals surface area contributed by atoms with Gasteiger partial charge in [0.15, 0.2) is 0 Å². The average molecular weight is 571 g/mol. The van der Waals surface area contributed by atoms with E-state index in [1.54, 1.807) is 6.92 Å². The number of benzene rings is 3. The number of aryl methyl sites for hydroxylation is 1. The molecule has 6 nitrogen and oxygen atoms in total. The Labute approximate surface area is 224 Å². The van der Waals surface area contributed by atoms with Gasteiger partial charge in [0, 0.05) is 38.2 Å². The van der Waals surface area contributed by atoms with Gasteiger partial charge in [0.05, 0.1) is 5.71 Å². The molecule has 1 unspecified atom stereocenters. The Morgan fingerprint density at radius 3 is 2.11 bits per heavy atom. The average Bonchev–Trinajstić information content (AvgIpc) is 3.29. The number of amides is 2. The van der Waals surface area contributed by atoms with Crippen molar-refractivity contribution in [1.82, 2.24) is 10.9 Å². The quantitative estimate of drug-likeness (QED) is 0.346. The number of nitrogens with one attached hydrogen (secondary N) is 2. The number of alkyl halides is 3. The van der Waals surface area contributed by atoms with Crippen molar-refractivity contribution in [3.63, 3.8) is 0 Å². The highest BCUT2D eigenvalue weighted by atomic mass is 35.5. The summed E-state index contributed by atoms with van der Waals surface area (Å²) < 4.78 is 42.7. The van der Waals surface area contributed by atoms with Gasteiger partial charge in [-0.15, -0.1) is 0 Å². The molecule has 0 bridgehead atoms. The van der Waals surface area contributed by atoms with Gasteiger partial charge in [-0.25, -0.2) is 0 Å². The minimum atomic E-state index is -4.83. The first-order valence-electron chi connectivity index (χ1n) is 10.7. The van der Waals surface area contributed by atoms with E-state index in [0.717, 1.165) is 12.1 Å². The smallest absolute Gasteiger partial charge is 0.374 e. The second-order valence-electron chi connectivity index (χ2n) is 8.23. The van der Waals surface area contributed by atoms with E-state index in [1.165, 1.54) is 48.5 Å². The highest BCUT2D eigenvalue weighted by Crippen LogP contribution is 2.49. The SMILES string of the molecule is Cc1cc(C2=NOC(c3cc(Cl)cc(Cl)c3)(C(F)(F)F)C2)ccc1C(=O)NNC(=O)c1ccc(Cl)cc1. The predicted octanol–water partition coefficient (Wildman–Crippen LogP) is 6.61. The molecule has 0 radical (unpaired) electrons. The van der Waals surface area contributed by atoms with Gasteiger partial charge in [-0.3, -0.25) is 20.4 Å². The van der Waals surface area contributed by atoms with E-state index in [-0.39, 0.29) is 32.4 Å². The molecule has 2 amide bonds. The summed E-state index contributed by atoms with van der Waals surface area (Å²) >= 11 is 17.7. The van der Waals surface area contributed by atoms with Crippen molar-refractivity contribution in [3.8, 4) is 0 Å². The van der Waals surface area contributed by atoms with Crippen molar-refractivity contribution < 1.29 is 27.6 Å². The van der Waals surface area contributed by atoms with E-state index >= 15 is 0 Å². The van der Waals surface area contributed by atoms with Gasteiger partial charge in [-0.05, 0) is 72.6 Å². The molecule has 4 rings (SSSR count). The second kappa shape index (κ2) is 10.2. The van der Waals surface area contributed by atoms with Gasteiger partial charge in [-0.1, -0.05) is 46.0 Å². The Hall–Kier alpha value is -3.27. The number of hydrogen-bond donors (Lipinski definition) is 2. The monoisotopic (exact) mass is 569 g/mol. The van der Waals surface area contributed by atoms with Crippen molar-refractivity contribution in [1.29, 1.82) is 0 Å². The van der Waals surface area contributed by atoms with E-state index in [1.807, 2.05) is 0 Å². The van der Waals surface area contributed by atoms with Crippen LogP contribution in [0, 0.1) is 6.92 Å². The Morgan fingerprint density at radius 1 is 0.892 bits per heavy atom. The molecule has 0 aliphatic carbocycles. The number of oxime groups is 1. The van der Waals surface area contributed by atoms with Gasteiger partial charge in [0.25, 0.3) is 17.4 Å². The molecule has 1 heterocycles. The van der Waals surface area contributed by atoms with Crippen LogP contribution in [0.3, 0.4) is 0 Å². The summed E-state index contributed by atoms with van der Waals surface area (Å²) in [7, 11) is 0. The number of hydrazine groups is 1. The van der Waals surface area contributed by atoms with Gasteiger partial charge >= 0.3 is 6.18 Å². The maximum absolute atomic E-state index is 14.2. The summed E-state index contributed by atoms with van der Waals surface area (Å²) in [5, 5.41) is 4.23. The van der Waals surface area contributed by atoms with Crippen LogP contribution in [0.1, 0.15) is 43.8 Å². The first-order chi connectivity index (χ1) is 17.4. The fourth-order valence-electron chi connectivity index (χ4n) is 3.80. The van der Waals surface area contributed by atoms with Crippen LogP contribution in [-0.2, 0) is 10.4 Å². The minimum Gasteiger partial charge on any atom is -0.374 e. The van der Waals surface area contributed by atoms with Gasteiger partial charge in [-0.2, -0.15) is 13.2 Å². The lowest BCUT2D eigenvalue weighted by Gasteiger charge is -2.29. The second-order valence-corrected chi connectivity index (χ2v) is 9.54. The van der Waals surface area contributed by atoms with E-state index in [9.17, 15) is 22.8 Å². The molecule has 192 valence electrons. The van der Waals surface area contributed by atoms with Crippen molar-refractivity contribution in [3.05, 3.63) is 104 Å². The lowest BCUT2D eigenvalue weighted by atomic mass is 9.86. The van der Waals surface area contributed by atoms with Crippen LogP contribution < -0.4 is 10.9 Å². The third-order valence-electron chi connectivity index (χ3n) is 5.72. The van der Waals surface area contributed by atoms with Gasteiger partial charge in [0.1, 0.15) is 0 Å². The summed E-state index contributed by atoms with van der Waals surface area (Å²) in [5.74, 6) is -1.17. The number of rotatable bonds is 4. The van der Waals surface area contributed by atoms with Crippen LogP contribution in [0.25, 0.3) is 0 Å². The Balaban J connectivity index is 1.51. The molecular weight excluding hydrogens is 554 g/mol. The number of halogens is 6. The summed E-state index contributed by atoms with van der Waals surface area (Å²) in [5.41, 5.74) is 2.83. The topological polar surface area (TPSA) is 79.8 Å². The van der Waals surface area contributed by atoms with Crippen LogP contribution in [0.15, 0.2) is 65.8 Å². The molecule has 1 aliphatic rings. The van der Waals surface area contributed by atoms with Gasteiger partial charge < -0.3 is 4.84 Å². The highest BCUT2D eigenvalue weighted by molar-refractivity contribution is 6.34. The molecule has 1 atom stereocenters. The molecular formula is C25H17Cl3F3N3O3. The molecule has 3 aromatic carbocycles. The summed E-state index contributed by atoms with van der Waals surface area (Å²) in [4.78, 5) is 29.8. The molecule has 2 N–H and O–H groups in total. The molecule has 0 spiro atoms. The van der Waals surface area contributed by atoms with Crippen LogP contribution in [-0.4, -0.2) is 23.7 Å². The molecule has 0 saturated carbocycles. The molecule has 12 heteroatoms. The largest absolute Gasteiger partial charge is 0.435 e. The van der Waals surface area contributed by atoms with Crippen LogP contribution in [0.2, 0.25) is 15.1 Å². The van der Waals surface area contributed by atoms with Crippen LogP contribution >= 0.6 is 34.8 Å². The van der Waals surface area contributed by atoms with Crippen molar-refractivity contribution in [2.45, 2.75) is 25.1 Å². The maximum atomic E-state index is 14.2. The minimum absolute atomic E-state index is 0.0255. The first-order valence-corrected chi connectivity index (χ1v) is 11.8. The molecule has 0 fully saturated rings. The lowest BCUT2D eigenvalue weighted by molar-refractivity contribution is -0.275. The molecule has 3 aromatic rings. The Kier molecular flexibility index (Phi) is 7.41. The van der Waals surface area contributed by atoms with Gasteiger partial charge in [0.2, 0.25) is 0 Å². The fraction of sp³-hybridized carbons (Fsp3) is 0.160. The molecule has 0 saturated heterocycles. The van der Waals surface area contributed by atoms with E-state index in [4.69, 9.17) is 39.6 Å². The van der Waals surface area contributed by atoms with Crippen LogP contribution in [0.4, 0.5) is 13.2 Å². The standard InChI is InChI=1S/C25H17Cl3F3N3O3/c1-13-8-15(4-7-20(13)23(36)33-32-22(35)14-2-5-17(26)6-3-14)21-12-24(37-34-21,25(29,30)31)16-9-18(27)11-19(28)10-16/h2-11H,12H2,1H3,(H,32,35)(H,33,36). The zero-order chi connectivity index (χ0) is 27.0. The fourth-order valence-corrected chi connectivity index (χ4v) is 4.45.